The number of aromatic amines is 1. The minimum absolute atomic E-state index is 0.0384. The summed E-state index contributed by atoms with van der Waals surface area (Å²) in [4.78, 5) is 10.9. The molecule has 0 fully saturated rings. The van der Waals surface area contributed by atoms with Gasteiger partial charge in [0.1, 0.15) is 5.69 Å². The summed E-state index contributed by atoms with van der Waals surface area (Å²) in [7, 11) is 2.62. The second-order valence-corrected chi connectivity index (χ2v) is 7.07. The quantitative estimate of drug-likeness (QED) is 0.488. The average molecular weight is 415 g/mol. The van der Waals surface area contributed by atoms with Crippen molar-refractivity contribution in [2.45, 2.75) is 25.2 Å². The smallest absolute Gasteiger partial charge is 0.278 e. The first-order chi connectivity index (χ1) is 14.5. The molecule has 0 amide bonds. The van der Waals surface area contributed by atoms with Gasteiger partial charge in [0.05, 0.1) is 24.7 Å². The molecule has 1 N–H and O–H groups in total. The van der Waals surface area contributed by atoms with Crippen molar-refractivity contribution in [2.24, 2.45) is 0 Å². The van der Waals surface area contributed by atoms with Crippen LogP contribution in [0.15, 0.2) is 30.3 Å². The Morgan fingerprint density at radius 1 is 1.17 bits per heavy atom. The van der Waals surface area contributed by atoms with E-state index in [-0.39, 0.29) is 22.7 Å². The maximum Gasteiger partial charge on any atom is 0.278 e. The Bertz CT molecular complexity index is 1100. The molecule has 1 atom stereocenters. The van der Waals surface area contributed by atoms with Crippen molar-refractivity contribution in [1.82, 2.24) is 10.2 Å². The SMILES string of the molecule is COc1cc(OC)c(F)c(C2CCc3c(-c4ccccc4[N+](=O)[O-])n[nH]c3C2)c1F. The highest BCUT2D eigenvalue weighted by Crippen LogP contribution is 2.43. The molecule has 7 nitrogen and oxygen atoms in total. The Morgan fingerprint density at radius 2 is 1.83 bits per heavy atom. The first-order valence-electron chi connectivity index (χ1n) is 9.36. The zero-order chi connectivity index (χ0) is 21.4. The van der Waals surface area contributed by atoms with E-state index in [0.717, 1.165) is 5.56 Å². The van der Waals surface area contributed by atoms with E-state index in [9.17, 15) is 18.9 Å². The molecular weight excluding hydrogens is 396 g/mol. The highest BCUT2D eigenvalue weighted by atomic mass is 19.1. The fourth-order valence-corrected chi connectivity index (χ4v) is 4.07. The van der Waals surface area contributed by atoms with Gasteiger partial charge >= 0.3 is 0 Å². The highest BCUT2D eigenvalue weighted by molar-refractivity contribution is 5.73. The molecule has 1 aliphatic carbocycles. The number of rotatable bonds is 5. The third-order valence-corrected chi connectivity index (χ3v) is 5.52. The van der Waals surface area contributed by atoms with E-state index in [1.54, 1.807) is 18.2 Å². The molecule has 1 aliphatic rings. The third kappa shape index (κ3) is 3.16. The van der Waals surface area contributed by atoms with E-state index in [2.05, 4.69) is 10.2 Å². The third-order valence-electron chi connectivity index (χ3n) is 5.52. The molecule has 1 heterocycles. The number of hydrogen-bond acceptors (Lipinski definition) is 5. The Balaban J connectivity index is 1.73. The highest BCUT2D eigenvalue weighted by Gasteiger charge is 2.32. The second-order valence-electron chi connectivity index (χ2n) is 7.07. The fraction of sp³-hybridized carbons (Fsp3) is 0.286. The standard InChI is InChI=1S/C21H19F2N3O4/c1-29-16-10-17(30-2)20(23)18(19(16)22)11-7-8-12-14(9-11)24-25-21(12)13-5-3-4-6-15(13)26(27)28/h3-6,10-11H,7-9H2,1-2H3,(H,24,25). The van der Waals surface area contributed by atoms with E-state index < -0.39 is 22.5 Å². The fourth-order valence-electron chi connectivity index (χ4n) is 4.07. The predicted octanol–water partition coefficient (Wildman–Crippen LogP) is 4.55. The van der Waals surface area contributed by atoms with Crippen LogP contribution in [0.2, 0.25) is 0 Å². The number of aromatic nitrogens is 2. The molecular formula is C21H19F2N3O4. The van der Waals surface area contributed by atoms with E-state index >= 15 is 0 Å². The first kappa shape index (κ1) is 19.8. The topological polar surface area (TPSA) is 90.3 Å². The number of para-hydroxylation sites is 1. The molecule has 0 spiro atoms. The monoisotopic (exact) mass is 415 g/mol. The minimum Gasteiger partial charge on any atom is -0.494 e. The van der Waals surface area contributed by atoms with Crippen LogP contribution < -0.4 is 9.47 Å². The Labute approximate surface area is 170 Å². The number of benzene rings is 2. The zero-order valence-electron chi connectivity index (χ0n) is 16.4. The molecule has 0 aliphatic heterocycles. The van der Waals surface area contributed by atoms with Gasteiger partial charge < -0.3 is 9.47 Å². The largest absolute Gasteiger partial charge is 0.494 e. The van der Waals surface area contributed by atoms with Crippen LogP contribution in [0.25, 0.3) is 11.3 Å². The lowest BCUT2D eigenvalue weighted by molar-refractivity contribution is -0.384. The Morgan fingerprint density at radius 3 is 2.47 bits per heavy atom. The number of nitro benzene ring substituents is 1. The molecule has 9 heteroatoms. The maximum atomic E-state index is 14.9. The maximum absolute atomic E-state index is 14.9. The Hall–Kier alpha value is -3.49. The number of halogens is 2. The van der Waals surface area contributed by atoms with Crippen molar-refractivity contribution in [3.05, 3.63) is 68.9 Å². The van der Waals surface area contributed by atoms with Crippen LogP contribution in [-0.2, 0) is 12.8 Å². The molecule has 30 heavy (non-hydrogen) atoms. The van der Waals surface area contributed by atoms with E-state index in [4.69, 9.17) is 9.47 Å². The van der Waals surface area contributed by atoms with Crippen molar-refractivity contribution in [3.63, 3.8) is 0 Å². The second kappa shape index (κ2) is 7.74. The molecule has 156 valence electrons. The predicted molar refractivity (Wildman–Crippen MR) is 105 cm³/mol. The number of nitrogens with zero attached hydrogens (tertiary/aromatic N) is 2. The number of fused-ring (bicyclic) bond motifs is 1. The van der Waals surface area contributed by atoms with Crippen LogP contribution >= 0.6 is 0 Å². The van der Waals surface area contributed by atoms with Crippen LogP contribution in [0.3, 0.4) is 0 Å². The summed E-state index contributed by atoms with van der Waals surface area (Å²) in [6, 6.07) is 7.56. The van der Waals surface area contributed by atoms with Crippen molar-refractivity contribution in [3.8, 4) is 22.8 Å². The molecule has 0 bridgehead atoms. The lowest BCUT2D eigenvalue weighted by Crippen LogP contribution is -2.16. The van der Waals surface area contributed by atoms with Gasteiger partial charge in [0, 0.05) is 29.0 Å². The summed E-state index contributed by atoms with van der Waals surface area (Å²) in [5, 5.41) is 18.6. The van der Waals surface area contributed by atoms with Gasteiger partial charge in [0.25, 0.3) is 5.69 Å². The van der Waals surface area contributed by atoms with Crippen LogP contribution in [0.5, 0.6) is 11.5 Å². The van der Waals surface area contributed by atoms with Gasteiger partial charge in [0.15, 0.2) is 23.1 Å². The number of nitrogens with one attached hydrogen (secondary N) is 1. The molecule has 0 radical (unpaired) electrons. The summed E-state index contributed by atoms with van der Waals surface area (Å²) < 4.78 is 39.9. The van der Waals surface area contributed by atoms with Crippen molar-refractivity contribution in [1.29, 1.82) is 0 Å². The van der Waals surface area contributed by atoms with Crippen molar-refractivity contribution < 1.29 is 23.2 Å². The van der Waals surface area contributed by atoms with Gasteiger partial charge in [-0.05, 0) is 31.2 Å². The zero-order valence-corrected chi connectivity index (χ0v) is 16.4. The van der Waals surface area contributed by atoms with Gasteiger partial charge in [0.2, 0.25) is 0 Å². The van der Waals surface area contributed by atoms with Crippen LogP contribution in [0.4, 0.5) is 14.5 Å². The van der Waals surface area contributed by atoms with E-state index in [1.807, 2.05) is 0 Å². The normalized spacial score (nSPS) is 15.5. The van der Waals surface area contributed by atoms with Gasteiger partial charge in [-0.3, -0.25) is 15.2 Å². The van der Waals surface area contributed by atoms with E-state index in [0.29, 0.717) is 36.2 Å². The van der Waals surface area contributed by atoms with Crippen LogP contribution in [-0.4, -0.2) is 29.3 Å². The lowest BCUT2D eigenvalue weighted by Gasteiger charge is -2.24. The molecule has 2 aromatic carbocycles. The number of ether oxygens (including phenoxy) is 2. The number of hydrogen-bond donors (Lipinski definition) is 1. The number of nitro groups is 1. The summed E-state index contributed by atoms with van der Waals surface area (Å²) in [6.45, 7) is 0. The number of methoxy groups -OCH3 is 2. The molecule has 3 aromatic rings. The van der Waals surface area contributed by atoms with Gasteiger partial charge in [-0.1, -0.05) is 12.1 Å². The minimum atomic E-state index is -0.748. The van der Waals surface area contributed by atoms with Crippen molar-refractivity contribution in [2.75, 3.05) is 14.2 Å². The van der Waals surface area contributed by atoms with Gasteiger partial charge in [-0.15, -0.1) is 0 Å². The average Bonchev–Trinajstić information content (AvgIpc) is 3.17. The van der Waals surface area contributed by atoms with Crippen LogP contribution in [0.1, 0.15) is 29.2 Å². The summed E-state index contributed by atoms with van der Waals surface area (Å²) in [5.74, 6) is -2.12. The summed E-state index contributed by atoms with van der Waals surface area (Å²) in [5.41, 5.74) is 2.33. The van der Waals surface area contributed by atoms with Crippen molar-refractivity contribution >= 4 is 5.69 Å². The number of H-pyrrole nitrogens is 1. The van der Waals surface area contributed by atoms with E-state index in [1.165, 1.54) is 26.4 Å². The van der Waals surface area contributed by atoms with Gasteiger partial charge in [-0.25, -0.2) is 8.78 Å². The van der Waals surface area contributed by atoms with Gasteiger partial charge in [-0.2, -0.15) is 5.10 Å². The summed E-state index contributed by atoms with van der Waals surface area (Å²) in [6.07, 6.45) is 1.23. The molecule has 1 aromatic heterocycles. The van der Waals surface area contributed by atoms with Crippen LogP contribution in [0, 0.1) is 21.7 Å². The Kier molecular flexibility index (Phi) is 5.11. The molecule has 0 saturated heterocycles. The lowest BCUT2D eigenvalue weighted by atomic mass is 9.81. The molecule has 0 saturated carbocycles. The first-order valence-corrected chi connectivity index (χ1v) is 9.36. The summed E-state index contributed by atoms with van der Waals surface area (Å²) >= 11 is 0. The molecule has 1 unspecified atom stereocenters. The molecule has 4 rings (SSSR count).